The highest BCUT2D eigenvalue weighted by atomic mass is 16.2. The van der Waals surface area contributed by atoms with Gasteiger partial charge >= 0.3 is 0 Å². The molecule has 112 valence electrons. The van der Waals surface area contributed by atoms with Crippen molar-refractivity contribution < 1.29 is 4.79 Å². The highest BCUT2D eigenvalue weighted by molar-refractivity contribution is 5.92. The molecule has 2 aromatic rings. The topological polar surface area (TPSA) is 46.1 Å². The van der Waals surface area contributed by atoms with E-state index in [4.69, 9.17) is 0 Å². The van der Waals surface area contributed by atoms with Gasteiger partial charge in [0.25, 0.3) is 0 Å². The maximum Gasteiger partial charge on any atom is 0.246 e. The number of rotatable bonds is 3. The average molecular weight is 293 g/mol. The van der Waals surface area contributed by atoms with E-state index in [1.54, 1.807) is 12.3 Å². The van der Waals surface area contributed by atoms with Gasteiger partial charge in [-0.05, 0) is 31.1 Å². The van der Waals surface area contributed by atoms with Crippen molar-refractivity contribution in [3.8, 4) is 0 Å². The Bertz CT molecular complexity index is 682. The first-order chi connectivity index (χ1) is 10.7. The lowest BCUT2D eigenvalue weighted by Crippen LogP contribution is -2.26. The number of likely N-dealkylation sites (tertiary alicyclic amines) is 1. The molecule has 3 rings (SSSR count). The minimum absolute atomic E-state index is 0.0546. The Labute approximate surface area is 130 Å². The molecule has 1 aromatic heterocycles. The van der Waals surface area contributed by atoms with Gasteiger partial charge in [0, 0.05) is 37.0 Å². The quantitative estimate of drug-likeness (QED) is 0.818. The molecular weight excluding hydrogens is 274 g/mol. The SMILES string of the molecule is Cc1ccnc(C2CCN(C(=O)/C=C/c3ccccc3)C2)n1. The first-order valence-corrected chi connectivity index (χ1v) is 7.54. The third-order valence-electron chi connectivity index (χ3n) is 3.90. The van der Waals surface area contributed by atoms with Gasteiger partial charge in [0.2, 0.25) is 5.91 Å². The fourth-order valence-corrected chi connectivity index (χ4v) is 2.67. The van der Waals surface area contributed by atoms with Crippen LogP contribution in [0.1, 0.15) is 29.4 Å². The van der Waals surface area contributed by atoms with Crippen molar-refractivity contribution in [1.82, 2.24) is 14.9 Å². The van der Waals surface area contributed by atoms with Crippen molar-refractivity contribution >= 4 is 12.0 Å². The molecule has 0 aliphatic carbocycles. The summed E-state index contributed by atoms with van der Waals surface area (Å²) in [4.78, 5) is 22.9. The summed E-state index contributed by atoms with van der Waals surface area (Å²) < 4.78 is 0. The Hall–Kier alpha value is -2.49. The summed E-state index contributed by atoms with van der Waals surface area (Å²) >= 11 is 0. The molecule has 0 N–H and O–H groups in total. The van der Waals surface area contributed by atoms with Gasteiger partial charge in [-0.1, -0.05) is 30.3 Å². The van der Waals surface area contributed by atoms with Crippen LogP contribution in [0.15, 0.2) is 48.7 Å². The van der Waals surface area contributed by atoms with E-state index in [1.807, 2.05) is 54.3 Å². The molecule has 1 aliphatic heterocycles. The van der Waals surface area contributed by atoms with Gasteiger partial charge in [0.05, 0.1) is 0 Å². The molecule has 22 heavy (non-hydrogen) atoms. The third kappa shape index (κ3) is 3.39. The van der Waals surface area contributed by atoms with E-state index in [1.165, 1.54) is 0 Å². The standard InChI is InChI=1S/C18H19N3O/c1-14-9-11-19-18(20-14)16-10-12-21(13-16)17(22)8-7-15-5-3-2-4-6-15/h2-9,11,16H,10,12-13H2,1H3/b8-7+. The maximum atomic E-state index is 12.3. The second kappa shape index (κ2) is 6.52. The van der Waals surface area contributed by atoms with E-state index in [2.05, 4.69) is 9.97 Å². The zero-order valence-corrected chi connectivity index (χ0v) is 12.6. The van der Waals surface area contributed by atoms with Gasteiger partial charge in [-0.25, -0.2) is 9.97 Å². The van der Waals surface area contributed by atoms with Crippen molar-refractivity contribution in [1.29, 1.82) is 0 Å². The largest absolute Gasteiger partial charge is 0.338 e. The van der Waals surface area contributed by atoms with Crippen molar-refractivity contribution in [2.75, 3.05) is 13.1 Å². The number of hydrogen-bond donors (Lipinski definition) is 0. The van der Waals surface area contributed by atoms with Crippen LogP contribution in [-0.4, -0.2) is 33.9 Å². The van der Waals surface area contributed by atoms with Crippen molar-refractivity contribution in [2.24, 2.45) is 0 Å². The van der Waals surface area contributed by atoms with E-state index in [9.17, 15) is 4.79 Å². The lowest BCUT2D eigenvalue weighted by Gasteiger charge is -2.14. The molecule has 2 heterocycles. The molecule has 4 heteroatoms. The van der Waals surface area contributed by atoms with Crippen LogP contribution < -0.4 is 0 Å². The normalized spacial score (nSPS) is 18.0. The Kier molecular flexibility index (Phi) is 4.28. The highest BCUT2D eigenvalue weighted by Gasteiger charge is 2.27. The van der Waals surface area contributed by atoms with Crippen molar-refractivity contribution in [2.45, 2.75) is 19.3 Å². The number of hydrogen-bond acceptors (Lipinski definition) is 3. The van der Waals surface area contributed by atoms with Crippen LogP contribution in [0.25, 0.3) is 6.08 Å². The molecule has 1 aromatic carbocycles. The number of amides is 1. The van der Waals surface area contributed by atoms with Crippen LogP contribution in [0, 0.1) is 6.92 Å². The molecule has 1 amide bonds. The summed E-state index contributed by atoms with van der Waals surface area (Å²) in [6.07, 6.45) is 6.22. The van der Waals surface area contributed by atoms with Gasteiger partial charge in [-0.3, -0.25) is 4.79 Å². The number of benzene rings is 1. The van der Waals surface area contributed by atoms with Crippen LogP contribution in [0.3, 0.4) is 0 Å². The second-order valence-corrected chi connectivity index (χ2v) is 5.57. The van der Waals surface area contributed by atoms with Crippen LogP contribution in [-0.2, 0) is 4.79 Å². The first kappa shape index (κ1) is 14.4. The Morgan fingerprint density at radius 1 is 1.27 bits per heavy atom. The van der Waals surface area contributed by atoms with Gasteiger partial charge in [-0.2, -0.15) is 0 Å². The minimum Gasteiger partial charge on any atom is -0.338 e. The zero-order valence-electron chi connectivity index (χ0n) is 12.6. The number of aryl methyl sites for hydroxylation is 1. The van der Waals surface area contributed by atoms with Gasteiger partial charge in [-0.15, -0.1) is 0 Å². The molecule has 0 spiro atoms. The van der Waals surface area contributed by atoms with Crippen LogP contribution in [0.4, 0.5) is 0 Å². The molecule has 0 bridgehead atoms. The van der Waals surface area contributed by atoms with E-state index < -0.39 is 0 Å². The number of aromatic nitrogens is 2. The number of carbonyl (C=O) groups excluding carboxylic acids is 1. The van der Waals surface area contributed by atoms with E-state index in [0.717, 1.165) is 30.0 Å². The van der Waals surface area contributed by atoms with Gasteiger partial charge in [0.1, 0.15) is 5.82 Å². The Balaban J connectivity index is 1.63. The summed E-state index contributed by atoms with van der Waals surface area (Å²) in [5, 5.41) is 0. The summed E-state index contributed by atoms with van der Waals surface area (Å²) in [6.45, 7) is 3.42. The maximum absolute atomic E-state index is 12.3. The lowest BCUT2D eigenvalue weighted by molar-refractivity contribution is -0.124. The molecule has 1 fully saturated rings. The highest BCUT2D eigenvalue weighted by Crippen LogP contribution is 2.24. The summed E-state index contributed by atoms with van der Waals surface area (Å²) in [7, 11) is 0. The Morgan fingerprint density at radius 3 is 2.86 bits per heavy atom. The molecule has 0 saturated carbocycles. The second-order valence-electron chi connectivity index (χ2n) is 5.57. The number of carbonyl (C=O) groups is 1. The first-order valence-electron chi connectivity index (χ1n) is 7.54. The van der Waals surface area contributed by atoms with Gasteiger partial charge < -0.3 is 4.90 Å². The monoisotopic (exact) mass is 293 g/mol. The summed E-state index contributed by atoms with van der Waals surface area (Å²) in [5.74, 6) is 1.15. The van der Waals surface area contributed by atoms with E-state index >= 15 is 0 Å². The summed E-state index contributed by atoms with van der Waals surface area (Å²) in [6, 6.07) is 11.8. The number of nitrogens with zero attached hydrogens (tertiary/aromatic N) is 3. The predicted octanol–water partition coefficient (Wildman–Crippen LogP) is 2.81. The summed E-state index contributed by atoms with van der Waals surface area (Å²) in [5.41, 5.74) is 2.01. The fraction of sp³-hybridized carbons (Fsp3) is 0.278. The molecular formula is C18H19N3O. The van der Waals surface area contributed by atoms with Gasteiger partial charge in [0.15, 0.2) is 0 Å². The van der Waals surface area contributed by atoms with E-state index in [-0.39, 0.29) is 11.8 Å². The molecule has 1 saturated heterocycles. The minimum atomic E-state index is 0.0546. The lowest BCUT2D eigenvalue weighted by atomic mass is 10.1. The van der Waals surface area contributed by atoms with Crippen LogP contribution in [0.2, 0.25) is 0 Å². The zero-order chi connectivity index (χ0) is 15.4. The molecule has 0 radical (unpaired) electrons. The Morgan fingerprint density at radius 2 is 2.09 bits per heavy atom. The molecule has 4 nitrogen and oxygen atoms in total. The van der Waals surface area contributed by atoms with Crippen LogP contribution in [0.5, 0.6) is 0 Å². The third-order valence-corrected chi connectivity index (χ3v) is 3.90. The predicted molar refractivity (Wildman–Crippen MR) is 86.2 cm³/mol. The van der Waals surface area contributed by atoms with E-state index in [0.29, 0.717) is 6.54 Å². The van der Waals surface area contributed by atoms with Crippen molar-refractivity contribution in [3.05, 3.63) is 65.8 Å². The molecule has 1 unspecified atom stereocenters. The fourth-order valence-electron chi connectivity index (χ4n) is 2.67. The molecule has 1 aliphatic rings. The molecule has 1 atom stereocenters. The van der Waals surface area contributed by atoms with Crippen LogP contribution >= 0.6 is 0 Å². The average Bonchev–Trinajstić information content (AvgIpc) is 3.04. The van der Waals surface area contributed by atoms with Crippen molar-refractivity contribution in [3.63, 3.8) is 0 Å². The smallest absolute Gasteiger partial charge is 0.246 e.